The summed E-state index contributed by atoms with van der Waals surface area (Å²) in [5.74, 6) is 0. The monoisotopic (exact) mass is 216 g/mol. The molecule has 0 bridgehead atoms. The van der Waals surface area contributed by atoms with E-state index in [0.717, 1.165) is 0 Å². The molecule has 1 rings (SSSR count). The Kier molecular flexibility index (Phi) is 3.33. The molecule has 0 saturated heterocycles. The summed E-state index contributed by atoms with van der Waals surface area (Å²) in [6.07, 6.45) is 1.97. The number of hydrogen-bond acceptors (Lipinski definition) is 0. The Hall–Kier alpha value is -1.04. The molecule has 1 aromatic carbocycles. The van der Waals surface area contributed by atoms with E-state index >= 15 is 0 Å². The Morgan fingerprint density at radius 1 is 0.938 bits per heavy atom. The maximum Gasteiger partial charge on any atom is -0.0126 e. The topological polar surface area (TPSA) is 0 Å². The lowest BCUT2D eigenvalue weighted by Crippen LogP contribution is -2.16. The fourth-order valence-corrected chi connectivity index (χ4v) is 1.88. The van der Waals surface area contributed by atoms with Gasteiger partial charge in [0.1, 0.15) is 0 Å². The van der Waals surface area contributed by atoms with Crippen molar-refractivity contribution in [1.82, 2.24) is 0 Å². The molecule has 0 spiro atoms. The van der Waals surface area contributed by atoms with Gasteiger partial charge in [-0.25, -0.2) is 0 Å². The minimum atomic E-state index is 0.180. The van der Waals surface area contributed by atoms with Crippen molar-refractivity contribution in [2.75, 3.05) is 0 Å². The zero-order chi connectivity index (χ0) is 12.6. The van der Waals surface area contributed by atoms with Gasteiger partial charge in [-0.15, -0.1) is 0 Å². The molecule has 0 aliphatic carbocycles. The second kappa shape index (κ2) is 4.08. The normalized spacial score (nSPS) is 12.6. The van der Waals surface area contributed by atoms with Crippen LogP contribution >= 0.6 is 0 Å². The van der Waals surface area contributed by atoms with E-state index < -0.39 is 0 Å². The molecule has 16 heavy (non-hydrogen) atoms. The Balaban J connectivity index is 3.34. The van der Waals surface area contributed by atoms with Crippen molar-refractivity contribution >= 4 is 6.08 Å². The SMILES string of the molecule is C=Cc1cc(C(C)(C)C)ccc1C(C)(C)C. The van der Waals surface area contributed by atoms with Crippen LogP contribution in [0.1, 0.15) is 58.2 Å². The first kappa shape index (κ1) is 13.0. The van der Waals surface area contributed by atoms with Gasteiger partial charge in [-0.3, -0.25) is 0 Å². The molecule has 0 heteroatoms. The van der Waals surface area contributed by atoms with Gasteiger partial charge in [0.15, 0.2) is 0 Å². The molecule has 0 saturated carbocycles. The highest BCUT2D eigenvalue weighted by molar-refractivity contribution is 5.56. The van der Waals surface area contributed by atoms with E-state index in [4.69, 9.17) is 0 Å². The predicted molar refractivity (Wildman–Crippen MR) is 73.9 cm³/mol. The van der Waals surface area contributed by atoms with Crippen molar-refractivity contribution in [1.29, 1.82) is 0 Å². The van der Waals surface area contributed by atoms with Crippen LogP contribution in [-0.2, 0) is 10.8 Å². The van der Waals surface area contributed by atoms with Crippen LogP contribution in [0.4, 0.5) is 0 Å². The van der Waals surface area contributed by atoms with Crippen LogP contribution in [0.3, 0.4) is 0 Å². The Labute approximate surface area is 100 Å². The van der Waals surface area contributed by atoms with E-state index in [1.165, 1.54) is 16.7 Å². The van der Waals surface area contributed by atoms with E-state index in [1.54, 1.807) is 0 Å². The maximum atomic E-state index is 3.93. The van der Waals surface area contributed by atoms with Crippen molar-refractivity contribution in [3.05, 3.63) is 41.5 Å². The quantitative estimate of drug-likeness (QED) is 0.624. The second-order valence-electron chi connectivity index (χ2n) is 6.51. The third-order valence-electron chi connectivity index (χ3n) is 2.95. The highest BCUT2D eigenvalue weighted by Gasteiger charge is 2.20. The molecule has 1 aromatic rings. The van der Waals surface area contributed by atoms with Crippen molar-refractivity contribution < 1.29 is 0 Å². The van der Waals surface area contributed by atoms with Crippen LogP contribution in [0.2, 0.25) is 0 Å². The molecule has 0 N–H and O–H groups in total. The first-order valence-electron chi connectivity index (χ1n) is 5.93. The number of rotatable bonds is 1. The zero-order valence-corrected chi connectivity index (χ0v) is 11.5. The van der Waals surface area contributed by atoms with Crippen LogP contribution in [0, 0.1) is 0 Å². The van der Waals surface area contributed by atoms with Gasteiger partial charge in [0, 0.05) is 0 Å². The summed E-state index contributed by atoms with van der Waals surface area (Å²) in [6, 6.07) is 6.76. The molecular weight excluding hydrogens is 192 g/mol. The smallest absolute Gasteiger partial charge is 0.0126 e. The molecule has 0 heterocycles. The van der Waals surface area contributed by atoms with Gasteiger partial charge in [-0.2, -0.15) is 0 Å². The minimum Gasteiger partial charge on any atom is -0.0985 e. The molecule has 0 amide bonds. The van der Waals surface area contributed by atoms with Crippen molar-refractivity contribution in [3.63, 3.8) is 0 Å². The summed E-state index contributed by atoms with van der Waals surface area (Å²) in [4.78, 5) is 0. The van der Waals surface area contributed by atoms with Gasteiger partial charge in [-0.1, -0.05) is 72.4 Å². The molecule has 0 radical (unpaired) electrons. The average Bonchev–Trinajstić information content (AvgIpc) is 2.14. The standard InChI is InChI=1S/C16H24/c1-8-12-11-13(15(2,3)4)9-10-14(12)16(5,6)7/h8-11H,1H2,2-7H3. The van der Waals surface area contributed by atoms with E-state index in [1.807, 2.05) is 6.08 Å². The van der Waals surface area contributed by atoms with Crippen molar-refractivity contribution in [2.24, 2.45) is 0 Å². The van der Waals surface area contributed by atoms with Crippen LogP contribution in [-0.4, -0.2) is 0 Å². The summed E-state index contributed by atoms with van der Waals surface area (Å²) < 4.78 is 0. The molecule has 0 unspecified atom stereocenters. The highest BCUT2D eigenvalue weighted by Crippen LogP contribution is 2.31. The molecule has 0 nitrogen and oxygen atoms in total. The fourth-order valence-electron chi connectivity index (χ4n) is 1.88. The molecule has 0 aliphatic heterocycles. The van der Waals surface area contributed by atoms with Gasteiger partial charge >= 0.3 is 0 Å². The van der Waals surface area contributed by atoms with Crippen molar-refractivity contribution in [3.8, 4) is 0 Å². The number of hydrogen-bond donors (Lipinski definition) is 0. The van der Waals surface area contributed by atoms with Crippen LogP contribution in [0.15, 0.2) is 24.8 Å². The van der Waals surface area contributed by atoms with Gasteiger partial charge in [0.05, 0.1) is 0 Å². The zero-order valence-electron chi connectivity index (χ0n) is 11.5. The third kappa shape index (κ3) is 2.75. The third-order valence-corrected chi connectivity index (χ3v) is 2.95. The minimum absolute atomic E-state index is 0.180. The lowest BCUT2D eigenvalue weighted by molar-refractivity contribution is 0.576. The van der Waals surface area contributed by atoms with Crippen LogP contribution < -0.4 is 0 Å². The molecule has 0 fully saturated rings. The Bertz CT molecular complexity index is 383. The van der Waals surface area contributed by atoms with E-state index in [9.17, 15) is 0 Å². The first-order chi connectivity index (χ1) is 7.16. The molecule has 0 aromatic heterocycles. The summed E-state index contributed by atoms with van der Waals surface area (Å²) in [6.45, 7) is 17.4. The summed E-state index contributed by atoms with van der Waals surface area (Å²) >= 11 is 0. The predicted octanol–water partition coefficient (Wildman–Crippen LogP) is 4.92. The largest absolute Gasteiger partial charge is 0.0985 e. The summed E-state index contributed by atoms with van der Waals surface area (Å²) in [5, 5.41) is 0. The maximum absolute atomic E-state index is 3.93. The van der Waals surface area contributed by atoms with Gasteiger partial charge in [0.25, 0.3) is 0 Å². The lowest BCUT2D eigenvalue weighted by Gasteiger charge is -2.25. The van der Waals surface area contributed by atoms with Gasteiger partial charge in [0.2, 0.25) is 0 Å². The highest BCUT2D eigenvalue weighted by atomic mass is 14.2. The lowest BCUT2D eigenvalue weighted by atomic mass is 9.79. The first-order valence-corrected chi connectivity index (χ1v) is 5.93. The second-order valence-corrected chi connectivity index (χ2v) is 6.51. The molecular formula is C16H24. The van der Waals surface area contributed by atoms with Crippen LogP contribution in [0.25, 0.3) is 6.08 Å². The molecule has 0 atom stereocenters. The summed E-state index contributed by atoms with van der Waals surface area (Å²) in [7, 11) is 0. The van der Waals surface area contributed by atoms with E-state index in [-0.39, 0.29) is 10.8 Å². The Morgan fingerprint density at radius 3 is 1.88 bits per heavy atom. The van der Waals surface area contributed by atoms with Gasteiger partial charge in [-0.05, 0) is 27.5 Å². The fraction of sp³-hybridized carbons (Fsp3) is 0.500. The van der Waals surface area contributed by atoms with E-state index in [2.05, 4.69) is 66.3 Å². The molecule has 88 valence electrons. The van der Waals surface area contributed by atoms with E-state index in [0.29, 0.717) is 0 Å². The van der Waals surface area contributed by atoms with Crippen molar-refractivity contribution in [2.45, 2.75) is 52.4 Å². The van der Waals surface area contributed by atoms with Crippen LogP contribution in [0.5, 0.6) is 0 Å². The number of benzene rings is 1. The summed E-state index contributed by atoms with van der Waals surface area (Å²) in [5.41, 5.74) is 4.39. The molecule has 0 aliphatic rings. The average molecular weight is 216 g/mol. The van der Waals surface area contributed by atoms with Gasteiger partial charge < -0.3 is 0 Å². The Morgan fingerprint density at radius 2 is 1.50 bits per heavy atom.